The Morgan fingerprint density at radius 1 is 1.24 bits per heavy atom. The van der Waals surface area contributed by atoms with Crippen LogP contribution in [0.4, 0.5) is 13.2 Å². The van der Waals surface area contributed by atoms with Crippen LogP contribution in [0.2, 0.25) is 0 Å². The Balaban J connectivity index is 2.37. The third-order valence-corrected chi connectivity index (χ3v) is 2.64. The number of nitrogens with one attached hydrogen (secondary N) is 1. The van der Waals surface area contributed by atoms with E-state index < -0.39 is 23.5 Å². The predicted molar refractivity (Wildman–Crippen MR) is 56.8 cm³/mol. The molecule has 0 saturated heterocycles. The maximum absolute atomic E-state index is 13.1. The average molecular weight is 243 g/mol. The highest BCUT2D eigenvalue weighted by Gasteiger charge is 2.22. The van der Waals surface area contributed by atoms with Gasteiger partial charge in [-0.1, -0.05) is 0 Å². The minimum atomic E-state index is -1.45. The van der Waals surface area contributed by atoms with Crippen LogP contribution in [0.5, 0.6) is 0 Å². The Bertz CT molecular complexity index is 436. The molecule has 2 nitrogen and oxygen atoms in total. The molecule has 1 unspecified atom stereocenters. The van der Waals surface area contributed by atoms with E-state index in [0.717, 1.165) is 18.6 Å². The molecule has 0 bridgehead atoms. The first-order valence-electron chi connectivity index (χ1n) is 5.28. The Labute approximate surface area is 97.1 Å². The molecular weight excluding hydrogens is 231 g/mol. The molecule has 92 valence electrons. The van der Waals surface area contributed by atoms with Crippen LogP contribution in [0, 0.1) is 17.5 Å². The molecule has 17 heavy (non-hydrogen) atoms. The van der Waals surface area contributed by atoms with Crippen LogP contribution in [-0.2, 0) is 4.74 Å². The lowest BCUT2D eigenvalue weighted by molar-refractivity contribution is 0.217. The fraction of sp³-hybridized carbons (Fsp3) is 0.333. The maximum Gasteiger partial charge on any atom is 0.194 e. The Morgan fingerprint density at radius 3 is 2.35 bits per heavy atom. The van der Waals surface area contributed by atoms with Crippen LogP contribution >= 0.6 is 0 Å². The van der Waals surface area contributed by atoms with Crippen molar-refractivity contribution in [1.29, 1.82) is 0 Å². The molecule has 1 heterocycles. The zero-order chi connectivity index (χ0) is 12.4. The van der Waals surface area contributed by atoms with Gasteiger partial charge in [-0.25, -0.2) is 13.2 Å². The number of halogens is 3. The smallest absolute Gasteiger partial charge is 0.194 e. The fourth-order valence-corrected chi connectivity index (χ4v) is 1.85. The summed E-state index contributed by atoms with van der Waals surface area (Å²) in [5.41, 5.74) is 0.303. The van der Waals surface area contributed by atoms with Crippen molar-refractivity contribution in [1.82, 2.24) is 5.32 Å². The first kappa shape index (κ1) is 12.0. The largest absolute Gasteiger partial charge is 0.496 e. The zero-order valence-corrected chi connectivity index (χ0v) is 9.27. The maximum atomic E-state index is 13.1. The summed E-state index contributed by atoms with van der Waals surface area (Å²) < 4.78 is 44.4. The van der Waals surface area contributed by atoms with Gasteiger partial charge in [-0.15, -0.1) is 0 Å². The quantitative estimate of drug-likeness (QED) is 0.824. The molecule has 0 amide bonds. The van der Waals surface area contributed by atoms with Gasteiger partial charge in [0.1, 0.15) is 5.76 Å². The molecule has 0 spiro atoms. The summed E-state index contributed by atoms with van der Waals surface area (Å²) in [6.07, 6.45) is 2.61. The molecule has 1 aliphatic rings. The van der Waals surface area contributed by atoms with Gasteiger partial charge in [0.05, 0.1) is 12.6 Å². The molecule has 0 saturated carbocycles. The monoisotopic (exact) mass is 243 g/mol. The third-order valence-electron chi connectivity index (χ3n) is 2.64. The van der Waals surface area contributed by atoms with Crippen molar-refractivity contribution >= 4 is 0 Å². The summed E-state index contributed by atoms with van der Waals surface area (Å²) in [4.78, 5) is 0. The molecular formula is C12H12F3NO. The highest BCUT2D eigenvalue weighted by Crippen LogP contribution is 2.28. The van der Waals surface area contributed by atoms with Crippen LogP contribution in [-0.4, -0.2) is 13.7 Å². The first-order chi connectivity index (χ1) is 8.13. The van der Waals surface area contributed by atoms with Crippen LogP contribution < -0.4 is 5.32 Å². The average Bonchev–Trinajstić information content (AvgIpc) is 2.80. The minimum Gasteiger partial charge on any atom is -0.496 e. The van der Waals surface area contributed by atoms with Gasteiger partial charge in [-0.2, -0.15) is 0 Å². The van der Waals surface area contributed by atoms with Crippen molar-refractivity contribution in [2.24, 2.45) is 0 Å². The molecule has 5 heteroatoms. The standard InChI is InChI=1S/C12H12F3NO/c1-16-12(10-3-2-4-17-10)7-5-8(13)11(15)9(14)6-7/h3,5-6,12,16H,2,4H2,1H3. The Hall–Kier alpha value is -1.49. The van der Waals surface area contributed by atoms with Crippen LogP contribution in [0.3, 0.4) is 0 Å². The third kappa shape index (κ3) is 2.29. The summed E-state index contributed by atoms with van der Waals surface area (Å²) >= 11 is 0. The van der Waals surface area contributed by atoms with Gasteiger partial charge < -0.3 is 10.1 Å². The molecule has 0 radical (unpaired) electrons. The number of ether oxygens (including phenoxy) is 1. The van der Waals surface area contributed by atoms with Crippen molar-refractivity contribution in [3.8, 4) is 0 Å². The van der Waals surface area contributed by atoms with Gasteiger partial charge in [0.15, 0.2) is 17.5 Å². The van der Waals surface area contributed by atoms with E-state index in [1.807, 2.05) is 6.08 Å². The molecule has 1 aliphatic heterocycles. The van der Waals surface area contributed by atoms with Crippen molar-refractivity contribution in [3.05, 3.63) is 47.0 Å². The lowest BCUT2D eigenvalue weighted by Crippen LogP contribution is -2.19. The van der Waals surface area contributed by atoms with Crippen molar-refractivity contribution < 1.29 is 17.9 Å². The van der Waals surface area contributed by atoms with Gasteiger partial charge >= 0.3 is 0 Å². The van der Waals surface area contributed by atoms with E-state index in [4.69, 9.17) is 4.74 Å². The molecule has 1 atom stereocenters. The van der Waals surface area contributed by atoms with E-state index in [2.05, 4.69) is 5.32 Å². The van der Waals surface area contributed by atoms with Gasteiger partial charge in [-0.05, 0) is 30.8 Å². The Kier molecular flexibility index (Phi) is 3.38. The van der Waals surface area contributed by atoms with E-state index in [1.54, 1.807) is 7.05 Å². The molecule has 1 N–H and O–H groups in total. The lowest BCUT2D eigenvalue weighted by atomic mass is 10.0. The van der Waals surface area contributed by atoms with Gasteiger partial charge in [0, 0.05) is 6.42 Å². The van der Waals surface area contributed by atoms with Gasteiger partial charge in [0.25, 0.3) is 0 Å². The van der Waals surface area contributed by atoms with E-state index >= 15 is 0 Å². The van der Waals surface area contributed by atoms with E-state index in [9.17, 15) is 13.2 Å². The second kappa shape index (κ2) is 4.79. The number of benzene rings is 1. The molecule has 2 rings (SSSR count). The minimum absolute atomic E-state index is 0.303. The van der Waals surface area contributed by atoms with Crippen molar-refractivity contribution in [3.63, 3.8) is 0 Å². The van der Waals surface area contributed by atoms with Crippen LogP contribution in [0.15, 0.2) is 24.0 Å². The summed E-state index contributed by atoms with van der Waals surface area (Å²) in [7, 11) is 1.65. The molecule has 1 aromatic carbocycles. The number of likely N-dealkylation sites (N-methyl/N-ethyl adjacent to an activating group) is 1. The summed E-state index contributed by atoms with van der Waals surface area (Å²) in [6, 6.07) is 1.49. The summed E-state index contributed by atoms with van der Waals surface area (Å²) in [5, 5.41) is 2.89. The number of hydrogen-bond acceptors (Lipinski definition) is 2. The number of hydrogen-bond donors (Lipinski definition) is 1. The zero-order valence-electron chi connectivity index (χ0n) is 9.27. The van der Waals surface area contributed by atoms with Crippen LogP contribution in [0.1, 0.15) is 18.0 Å². The van der Waals surface area contributed by atoms with Gasteiger partial charge in [0.2, 0.25) is 0 Å². The van der Waals surface area contributed by atoms with Crippen molar-refractivity contribution in [2.45, 2.75) is 12.5 Å². The first-order valence-corrected chi connectivity index (χ1v) is 5.28. The topological polar surface area (TPSA) is 21.3 Å². The number of rotatable bonds is 3. The predicted octanol–water partition coefficient (Wildman–Crippen LogP) is 2.67. The van der Waals surface area contributed by atoms with E-state index in [0.29, 0.717) is 17.9 Å². The second-order valence-corrected chi connectivity index (χ2v) is 3.76. The molecule has 0 fully saturated rings. The van der Waals surface area contributed by atoms with E-state index in [1.165, 1.54) is 0 Å². The molecule has 1 aromatic rings. The normalized spacial score (nSPS) is 16.6. The lowest BCUT2D eigenvalue weighted by Gasteiger charge is -2.18. The van der Waals surface area contributed by atoms with Crippen LogP contribution in [0.25, 0.3) is 0 Å². The summed E-state index contributed by atoms with van der Waals surface area (Å²) in [5.74, 6) is -3.24. The highest BCUT2D eigenvalue weighted by atomic mass is 19.2. The van der Waals surface area contributed by atoms with E-state index in [-0.39, 0.29) is 0 Å². The fourth-order valence-electron chi connectivity index (χ4n) is 1.85. The molecule has 0 aromatic heterocycles. The summed E-state index contributed by atoms with van der Waals surface area (Å²) in [6.45, 7) is 0.555. The highest BCUT2D eigenvalue weighted by molar-refractivity contribution is 5.28. The van der Waals surface area contributed by atoms with Gasteiger partial charge in [-0.3, -0.25) is 0 Å². The Morgan fingerprint density at radius 2 is 1.88 bits per heavy atom. The van der Waals surface area contributed by atoms with Crippen molar-refractivity contribution in [2.75, 3.05) is 13.7 Å². The molecule has 0 aliphatic carbocycles. The second-order valence-electron chi connectivity index (χ2n) is 3.76. The SMILES string of the molecule is CNC(C1=CCCO1)c1cc(F)c(F)c(F)c1.